The van der Waals surface area contributed by atoms with Crippen molar-refractivity contribution in [3.8, 4) is 0 Å². The number of aromatic amines is 1. The predicted octanol–water partition coefficient (Wildman–Crippen LogP) is 2.58. The van der Waals surface area contributed by atoms with E-state index in [0.29, 0.717) is 24.0 Å². The maximum Gasteiger partial charge on any atom is 0.306 e. The van der Waals surface area contributed by atoms with Gasteiger partial charge in [-0.25, -0.2) is 0 Å². The minimum Gasteiger partial charge on any atom is -0.481 e. The number of nitrogens with one attached hydrogen (secondary N) is 2. The van der Waals surface area contributed by atoms with Crippen LogP contribution in [0.3, 0.4) is 0 Å². The summed E-state index contributed by atoms with van der Waals surface area (Å²) in [5.41, 5.74) is -0.102. The number of anilines is 1. The van der Waals surface area contributed by atoms with E-state index in [4.69, 9.17) is 5.11 Å². The first-order chi connectivity index (χ1) is 10.1. The fourth-order valence-corrected chi connectivity index (χ4v) is 2.99. The van der Waals surface area contributed by atoms with Crippen molar-refractivity contribution in [1.82, 2.24) is 4.98 Å². The fraction of sp³-hybridized carbons (Fsp3) is 0.375. The lowest BCUT2D eigenvalue weighted by atomic mass is 9.86. The molecule has 0 saturated heterocycles. The minimum atomic E-state index is -0.701. The minimum absolute atomic E-state index is 0.102. The van der Waals surface area contributed by atoms with Gasteiger partial charge >= 0.3 is 5.97 Å². The standard InChI is InChI=1S/C16H18N2O3/c19-15-13-4-2-1-3-11(13)9-14(18-15)17-12-7-5-10(6-8-12)16(20)21/h1-4,9-10,12H,5-8H2,(H,20,21)(H2,17,18,19). The molecule has 110 valence electrons. The van der Waals surface area contributed by atoms with Crippen LogP contribution in [0.1, 0.15) is 25.7 Å². The summed E-state index contributed by atoms with van der Waals surface area (Å²) < 4.78 is 0. The van der Waals surface area contributed by atoms with Gasteiger partial charge in [0.25, 0.3) is 5.56 Å². The lowest BCUT2D eigenvalue weighted by Crippen LogP contribution is -2.30. The van der Waals surface area contributed by atoms with Gasteiger partial charge in [0.1, 0.15) is 5.82 Å². The molecule has 0 radical (unpaired) electrons. The Morgan fingerprint density at radius 1 is 1.19 bits per heavy atom. The lowest BCUT2D eigenvalue weighted by molar-refractivity contribution is -0.142. The van der Waals surface area contributed by atoms with Gasteiger partial charge in [-0.15, -0.1) is 0 Å². The second kappa shape index (κ2) is 5.60. The first-order valence-electron chi connectivity index (χ1n) is 7.25. The Labute approximate surface area is 122 Å². The third-order valence-electron chi connectivity index (χ3n) is 4.19. The van der Waals surface area contributed by atoms with E-state index < -0.39 is 5.97 Å². The van der Waals surface area contributed by atoms with E-state index in [2.05, 4.69) is 10.3 Å². The molecule has 2 aromatic rings. The van der Waals surface area contributed by atoms with Crippen LogP contribution in [0.4, 0.5) is 5.82 Å². The zero-order chi connectivity index (χ0) is 14.8. The van der Waals surface area contributed by atoms with Gasteiger partial charge < -0.3 is 15.4 Å². The van der Waals surface area contributed by atoms with Crippen molar-refractivity contribution in [3.05, 3.63) is 40.7 Å². The quantitative estimate of drug-likeness (QED) is 0.810. The molecule has 0 aliphatic heterocycles. The number of carboxylic acids is 1. The van der Waals surface area contributed by atoms with E-state index in [1.807, 2.05) is 24.3 Å². The van der Waals surface area contributed by atoms with E-state index in [-0.39, 0.29) is 17.5 Å². The topological polar surface area (TPSA) is 82.2 Å². The Morgan fingerprint density at radius 2 is 1.90 bits per heavy atom. The van der Waals surface area contributed by atoms with Crippen molar-refractivity contribution in [2.24, 2.45) is 5.92 Å². The Hall–Kier alpha value is -2.30. The molecule has 5 heteroatoms. The van der Waals surface area contributed by atoms with Crippen molar-refractivity contribution >= 4 is 22.6 Å². The third kappa shape index (κ3) is 2.91. The summed E-state index contributed by atoms with van der Waals surface area (Å²) in [6, 6.07) is 9.62. The highest BCUT2D eigenvalue weighted by atomic mass is 16.4. The number of aliphatic carboxylic acids is 1. The zero-order valence-electron chi connectivity index (χ0n) is 11.6. The average Bonchev–Trinajstić information content (AvgIpc) is 2.48. The number of aromatic nitrogens is 1. The normalized spacial score (nSPS) is 22.1. The molecule has 5 nitrogen and oxygen atoms in total. The van der Waals surface area contributed by atoms with E-state index in [0.717, 1.165) is 18.2 Å². The third-order valence-corrected chi connectivity index (χ3v) is 4.19. The van der Waals surface area contributed by atoms with Gasteiger partial charge in [-0.3, -0.25) is 9.59 Å². The zero-order valence-corrected chi connectivity index (χ0v) is 11.6. The van der Waals surface area contributed by atoms with Crippen LogP contribution in [0, 0.1) is 5.92 Å². The van der Waals surface area contributed by atoms with Gasteiger partial charge in [0.2, 0.25) is 0 Å². The van der Waals surface area contributed by atoms with Crippen molar-refractivity contribution in [1.29, 1.82) is 0 Å². The molecule has 1 fully saturated rings. The Kier molecular flexibility index (Phi) is 3.64. The number of fused-ring (bicyclic) bond motifs is 1. The van der Waals surface area contributed by atoms with Crippen LogP contribution in [0.25, 0.3) is 10.8 Å². The van der Waals surface area contributed by atoms with Gasteiger partial charge in [-0.2, -0.15) is 0 Å². The molecular formula is C16H18N2O3. The molecule has 3 N–H and O–H groups in total. The number of hydrogen-bond acceptors (Lipinski definition) is 3. The summed E-state index contributed by atoms with van der Waals surface area (Å²) in [5, 5.41) is 13.9. The average molecular weight is 286 g/mol. The molecule has 1 aliphatic carbocycles. The van der Waals surface area contributed by atoms with Crippen molar-refractivity contribution in [2.75, 3.05) is 5.32 Å². The number of carbonyl (C=O) groups is 1. The monoisotopic (exact) mass is 286 g/mol. The van der Waals surface area contributed by atoms with Crippen LogP contribution in [0.15, 0.2) is 35.1 Å². The second-order valence-electron chi connectivity index (χ2n) is 5.63. The number of H-pyrrole nitrogens is 1. The first kappa shape index (κ1) is 13.7. The molecule has 0 amide bonds. The summed E-state index contributed by atoms with van der Waals surface area (Å²) in [4.78, 5) is 25.8. The van der Waals surface area contributed by atoms with E-state index in [1.165, 1.54) is 0 Å². The maximum absolute atomic E-state index is 12.0. The molecule has 0 spiro atoms. The smallest absolute Gasteiger partial charge is 0.306 e. The molecule has 1 saturated carbocycles. The van der Waals surface area contributed by atoms with Gasteiger partial charge in [0, 0.05) is 11.4 Å². The second-order valence-corrected chi connectivity index (χ2v) is 5.63. The highest BCUT2D eigenvalue weighted by Crippen LogP contribution is 2.26. The van der Waals surface area contributed by atoms with Crippen molar-refractivity contribution in [3.63, 3.8) is 0 Å². The van der Waals surface area contributed by atoms with Crippen LogP contribution in [-0.2, 0) is 4.79 Å². The first-order valence-corrected chi connectivity index (χ1v) is 7.25. The molecular weight excluding hydrogens is 268 g/mol. The number of carboxylic acid groups (broad SMARTS) is 1. The summed E-state index contributed by atoms with van der Waals surface area (Å²) >= 11 is 0. The molecule has 1 aromatic heterocycles. The van der Waals surface area contributed by atoms with Crippen LogP contribution in [0.5, 0.6) is 0 Å². The van der Waals surface area contributed by atoms with Gasteiger partial charge in [0.15, 0.2) is 0 Å². The molecule has 0 bridgehead atoms. The van der Waals surface area contributed by atoms with Gasteiger partial charge in [-0.1, -0.05) is 18.2 Å². The summed E-state index contributed by atoms with van der Waals surface area (Å²) in [6.45, 7) is 0. The van der Waals surface area contributed by atoms with Crippen LogP contribution in [0.2, 0.25) is 0 Å². The Bertz CT molecular complexity index is 715. The molecule has 21 heavy (non-hydrogen) atoms. The largest absolute Gasteiger partial charge is 0.481 e. The van der Waals surface area contributed by atoms with Crippen molar-refractivity contribution in [2.45, 2.75) is 31.7 Å². The van der Waals surface area contributed by atoms with Crippen LogP contribution >= 0.6 is 0 Å². The highest BCUT2D eigenvalue weighted by Gasteiger charge is 2.25. The maximum atomic E-state index is 12.0. The molecule has 1 heterocycles. The number of hydrogen-bond donors (Lipinski definition) is 3. The Morgan fingerprint density at radius 3 is 2.62 bits per heavy atom. The summed E-state index contributed by atoms with van der Waals surface area (Å²) in [5.74, 6) is -0.219. The molecule has 1 aromatic carbocycles. The van der Waals surface area contributed by atoms with E-state index in [9.17, 15) is 9.59 Å². The van der Waals surface area contributed by atoms with E-state index >= 15 is 0 Å². The summed E-state index contributed by atoms with van der Waals surface area (Å²) in [6.07, 6.45) is 2.99. The van der Waals surface area contributed by atoms with Crippen molar-refractivity contribution < 1.29 is 9.90 Å². The molecule has 1 aliphatic rings. The SMILES string of the molecule is O=C(O)C1CCC(Nc2cc3ccccc3c(=O)[nH]2)CC1. The molecule has 3 rings (SSSR count). The number of pyridine rings is 1. The number of benzene rings is 1. The highest BCUT2D eigenvalue weighted by molar-refractivity contribution is 5.83. The van der Waals surface area contributed by atoms with Crippen LogP contribution in [-0.4, -0.2) is 22.1 Å². The number of rotatable bonds is 3. The van der Waals surface area contributed by atoms with Gasteiger partial charge in [0.05, 0.1) is 5.92 Å². The predicted molar refractivity (Wildman–Crippen MR) is 81.6 cm³/mol. The fourth-order valence-electron chi connectivity index (χ4n) is 2.99. The van der Waals surface area contributed by atoms with Gasteiger partial charge in [-0.05, 0) is 43.2 Å². The summed E-state index contributed by atoms with van der Waals surface area (Å²) in [7, 11) is 0. The van der Waals surface area contributed by atoms with E-state index in [1.54, 1.807) is 6.07 Å². The Balaban J connectivity index is 1.74. The molecule has 0 atom stereocenters. The molecule has 0 unspecified atom stereocenters. The lowest BCUT2D eigenvalue weighted by Gasteiger charge is -2.27. The van der Waals surface area contributed by atoms with Crippen LogP contribution < -0.4 is 10.9 Å².